The van der Waals surface area contributed by atoms with E-state index in [1.54, 1.807) is 23.8 Å². The van der Waals surface area contributed by atoms with Gasteiger partial charge in [-0.15, -0.1) is 0 Å². The number of Topliss-reactive ketones (excluding diaryl/α,β-unsaturated/α-hetero) is 1. The van der Waals surface area contributed by atoms with Crippen LogP contribution >= 0.6 is 0 Å². The number of nitrogens with zero attached hydrogens (tertiary/aromatic N) is 2. The lowest BCUT2D eigenvalue weighted by Gasteiger charge is -2.31. The predicted molar refractivity (Wildman–Crippen MR) is 243 cm³/mol. The molecule has 2 aromatic carbocycles. The standard InChI is InChI=1S/C51H66N6O6/c1-5-34(3)47(59)54-42(51(63)57-32-18-30-45(57)49(61)53-41-28-16-22-36-20-12-14-25-39(36)41)26-9-7-8-10-27-43(55-48(60)40(6-2)52-4)50(62)56-31-17-29-44(56)46(58)33-37-23-15-21-35-19-11-13-24-38(35)37/h11-14,19-20,24-25,34,37,40-45,52H,5-6,15-18,21-23,26-33H2,1-4H3,(H,53,61)(H,54,59)(H,55,60)/t34-,37-,40-,41+,42-,43-,44-,45-/m0/s1. The van der Waals surface area contributed by atoms with Crippen molar-refractivity contribution in [2.45, 2.75) is 159 Å². The number of ketones is 1. The Morgan fingerprint density at radius 3 is 1.84 bits per heavy atom. The van der Waals surface area contributed by atoms with Gasteiger partial charge in [-0.2, -0.15) is 0 Å². The van der Waals surface area contributed by atoms with Crippen LogP contribution in [-0.4, -0.2) is 95.5 Å². The molecule has 0 bridgehead atoms. The van der Waals surface area contributed by atoms with Crippen LogP contribution in [0.1, 0.15) is 138 Å². The summed E-state index contributed by atoms with van der Waals surface area (Å²) in [4.78, 5) is 85.7. The molecule has 2 aromatic rings. The van der Waals surface area contributed by atoms with E-state index in [0.29, 0.717) is 58.0 Å². The smallest absolute Gasteiger partial charge is 0.246 e. The summed E-state index contributed by atoms with van der Waals surface area (Å²) >= 11 is 0. The molecule has 63 heavy (non-hydrogen) atoms. The first-order valence-corrected chi connectivity index (χ1v) is 23.4. The summed E-state index contributed by atoms with van der Waals surface area (Å²) in [7, 11) is 1.69. The van der Waals surface area contributed by atoms with Gasteiger partial charge in [0.2, 0.25) is 29.5 Å². The van der Waals surface area contributed by atoms with Gasteiger partial charge in [0, 0.05) is 38.3 Å². The maximum Gasteiger partial charge on any atom is 0.246 e. The molecular formula is C51H66N6O6. The summed E-state index contributed by atoms with van der Waals surface area (Å²) in [5.74, 6) is 9.87. The van der Waals surface area contributed by atoms with Crippen molar-refractivity contribution in [2.75, 3.05) is 20.1 Å². The number of benzene rings is 2. The maximum atomic E-state index is 14.2. The van der Waals surface area contributed by atoms with E-state index >= 15 is 0 Å². The fourth-order valence-corrected chi connectivity index (χ4v) is 9.77. The fourth-order valence-electron chi connectivity index (χ4n) is 9.77. The molecule has 2 saturated heterocycles. The number of aryl methyl sites for hydroxylation is 2. The number of amides is 5. The topological polar surface area (TPSA) is 157 Å². The minimum atomic E-state index is -0.998. The van der Waals surface area contributed by atoms with Crippen molar-refractivity contribution in [1.29, 1.82) is 0 Å². The number of rotatable bonds is 16. The molecule has 0 unspecified atom stereocenters. The molecule has 2 heterocycles. The van der Waals surface area contributed by atoms with E-state index in [9.17, 15) is 28.8 Å². The molecule has 0 spiro atoms. The molecule has 2 aliphatic heterocycles. The summed E-state index contributed by atoms with van der Waals surface area (Å²) in [6.07, 6.45) is 9.64. The van der Waals surface area contributed by atoms with Gasteiger partial charge < -0.3 is 31.1 Å². The van der Waals surface area contributed by atoms with Crippen molar-refractivity contribution >= 4 is 35.3 Å². The zero-order chi connectivity index (χ0) is 44.9. The molecule has 2 aliphatic carbocycles. The Morgan fingerprint density at radius 2 is 1.22 bits per heavy atom. The molecule has 5 amide bonds. The average molecular weight is 859 g/mol. The van der Waals surface area contributed by atoms with Crippen molar-refractivity contribution in [3.8, 4) is 23.7 Å². The second-order valence-corrected chi connectivity index (χ2v) is 17.7. The quantitative estimate of drug-likeness (QED) is 0.173. The van der Waals surface area contributed by atoms with E-state index in [4.69, 9.17) is 0 Å². The second-order valence-electron chi connectivity index (χ2n) is 17.7. The highest BCUT2D eigenvalue weighted by Gasteiger charge is 2.40. The van der Waals surface area contributed by atoms with Gasteiger partial charge in [0.05, 0.1) is 18.1 Å². The minimum absolute atomic E-state index is 0.0288. The third-order valence-corrected chi connectivity index (χ3v) is 13.6. The molecule has 6 rings (SSSR count). The largest absolute Gasteiger partial charge is 0.347 e. The van der Waals surface area contributed by atoms with Crippen LogP contribution in [0.3, 0.4) is 0 Å². The SMILES string of the molecule is CC[C@H](NC)C(=O)N[C@@H](CC#CC#CC[C@H](NC(=O)[C@@H](C)CC)C(=O)N1CCC[C@H]1C(=O)N[C@@H]1CCCc2ccccc21)C(=O)N1CCC[C@H]1C(=O)C[C@@H]1CCCc2ccccc21. The van der Waals surface area contributed by atoms with Crippen LogP contribution in [0.2, 0.25) is 0 Å². The summed E-state index contributed by atoms with van der Waals surface area (Å²) in [6, 6.07) is 12.6. The summed E-state index contributed by atoms with van der Waals surface area (Å²) in [5, 5.41) is 12.0. The molecule has 2 fully saturated rings. The Bertz CT molecular complexity index is 2110. The highest BCUT2D eigenvalue weighted by Crippen LogP contribution is 2.36. The van der Waals surface area contributed by atoms with Crippen molar-refractivity contribution in [2.24, 2.45) is 5.92 Å². The van der Waals surface area contributed by atoms with Crippen LogP contribution in [-0.2, 0) is 41.6 Å². The van der Waals surface area contributed by atoms with E-state index in [-0.39, 0.29) is 66.0 Å². The van der Waals surface area contributed by atoms with Gasteiger partial charge in [-0.05, 0) is 124 Å². The van der Waals surface area contributed by atoms with E-state index in [2.05, 4.69) is 69.2 Å². The number of hydrogen-bond donors (Lipinski definition) is 4. The number of likely N-dealkylation sites (N-methyl/N-ethyl adjacent to an activating group) is 1. The molecule has 0 saturated carbocycles. The number of likely N-dealkylation sites (tertiary alicyclic amines) is 2. The van der Waals surface area contributed by atoms with Crippen LogP contribution in [0.15, 0.2) is 48.5 Å². The van der Waals surface area contributed by atoms with Crippen LogP contribution in [0.25, 0.3) is 0 Å². The first-order valence-electron chi connectivity index (χ1n) is 23.4. The number of nitrogens with one attached hydrogen (secondary N) is 4. The molecule has 12 nitrogen and oxygen atoms in total. The van der Waals surface area contributed by atoms with Gasteiger partial charge >= 0.3 is 0 Å². The zero-order valence-corrected chi connectivity index (χ0v) is 37.6. The monoisotopic (exact) mass is 859 g/mol. The molecule has 336 valence electrons. The van der Waals surface area contributed by atoms with Crippen LogP contribution in [0, 0.1) is 29.6 Å². The minimum Gasteiger partial charge on any atom is -0.347 e. The fraction of sp³-hybridized carbons (Fsp3) is 0.569. The van der Waals surface area contributed by atoms with Crippen molar-refractivity contribution in [3.05, 3.63) is 70.8 Å². The number of carbonyl (C=O) groups is 6. The van der Waals surface area contributed by atoms with Crippen LogP contribution < -0.4 is 21.3 Å². The van der Waals surface area contributed by atoms with Crippen LogP contribution in [0.5, 0.6) is 0 Å². The molecule has 0 radical (unpaired) electrons. The Kier molecular flexibility index (Phi) is 17.0. The van der Waals surface area contributed by atoms with Crippen molar-refractivity contribution in [3.63, 3.8) is 0 Å². The van der Waals surface area contributed by atoms with E-state index in [1.165, 1.54) is 16.7 Å². The number of carbonyl (C=O) groups excluding carboxylic acids is 6. The molecule has 12 heteroatoms. The molecule has 4 N–H and O–H groups in total. The number of hydrogen-bond acceptors (Lipinski definition) is 7. The highest BCUT2D eigenvalue weighted by atomic mass is 16.2. The van der Waals surface area contributed by atoms with Gasteiger partial charge in [-0.1, -0.05) is 81.1 Å². The first-order chi connectivity index (χ1) is 30.5. The predicted octanol–water partition coefficient (Wildman–Crippen LogP) is 5.04. The normalized spacial score (nSPS) is 22.0. The molecule has 4 aliphatic rings. The third kappa shape index (κ3) is 11.8. The highest BCUT2D eigenvalue weighted by molar-refractivity contribution is 5.95. The molecular weight excluding hydrogens is 793 g/mol. The van der Waals surface area contributed by atoms with E-state index < -0.39 is 30.2 Å². The Balaban J connectivity index is 1.13. The van der Waals surface area contributed by atoms with Gasteiger partial charge in [0.25, 0.3) is 0 Å². The van der Waals surface area contributed by atoms with E-state index in [0.717, 1.165) is 44.1 Å². The average Bonchev–Trinajstić information content (AvgIpc) is 4.01. The lowest BCUT2D eigenvalue weighted by molar-refractivity contribution is -0.142. The van der Waals surface area contributed by atoms with Gasteiger partial charge in [0.15, 0.2) is 5.78 Å². The maximum absolute atomic E-state index is 14.2. The van der Waals surface area contributed by atoms with Gasteiger partial charge in [-0.3, -0.25) is 28.8 Å². The lowest BCUT2D eigenvalue weighted by Crippen LogP contribution is -2.54. The van der Waals surface area contributed by atoms with Crippen molar-refractivity contribution < 1.29 is 28.8 Å². The Labute approximate surface area is 373 Å². The summed E-state index contributed by atoms with van der Waals surface area (Å²) in [5.41, 5.74) is 4.87. The van der Waals surface area contributed by atoms with Gasteiger partial charge in [-0.25, -0.2) is 0 Å². The van der Waals surface area contributed by atoms with Gasteiger partial charge in [0.1, 0.15) is 18.1 Å². The van der Waals surface area contributed by atoms with Crippen molar-refractivity contribution in [1.82, 2.24) is 31.1 Å². The van der Waals surface area contributed by atoms with Crippen LogP contribution in [0.4, 0.5) is 0 Å². The lowest BCUT2D eigenvalue weighted by atomic mass is 9.79. The first kappa shape index (κ1) is 47.0. The zero-order valence-electron chi connectivity index (χ0n) is 37.6. The second kappa shape index (κ2) is 22.8. The Morgan fingerprint density at radius 1 is 0.667 bits per heavy atom. The summed E-state index contributed by atoms with van der Waals surface area (Å²) in [6.45, 7) is 6.40. The third-order valence-electron chi connectivity index (χ3n) is 13.6. The van der Waals surface area contributed by atoms with E-state index in [1.807, 2.05) is 38.1 Å². The molecule has 8 atom stereocenters. The summed E-state index contributed by atoms with van der Waals surface area (Å²) < 4.78 is 0. The number of fused-ring (bicyclic) bond motifs is 2. The Hall–Kier alpha value is -5.46. The molecule has 0 aromatic heterocycles.